The van der Waals surface area contributed by atoms with Crippen molar-refractivity contribution in [2.24, 2.45) is 5.92 Å². The van der Waals surface area contributed by atoms with Gasteiger partial charge in [0, 0.05) is 42.6 Å². The van der Waals surface area contributed by atoms with Crippen LogP contribution in [0.15, 0.2) is 54.1 Å². The molecule has 3 heterocycles. The van der Waals surface area contributed by atoms with Gasteiger partial charge < -0.3 is 4.90 Å². The number of hydrogen-bond donors (Lipinski definition) is 0. The summed E-state index contributed by atoms with van der Waals surface area (Å²) in [5, 5.41) is 0.544. The number of aromatic nitrogens is 3. The number of hydrogen-bond acceptors (Lipinski definition) is 3. The first kappa shape index (κ1) is 19.5. The van der Waals surface area contributed by atoms with Crippen LogP contribution in [-0.4, -0.2) is 37.8 Å². The summed E-state index contributed by atoms with van der Waals surface area (Å²) >= 11 is 6.38. The van der Waals surface area contributed by atoms with E-state index in [4.69, 9.17) is 11.6 Å². The van der Waals surface area contributed by atoms with Crippen LogP contribution in [0.1, 0.15) is 30.3 Å². The SMILES string of the molecule is C=CCn1c(-c2ccccc2Cl)cn2cc(C(=O)N3CCC[C@H](C)C3)nc2c1=O. The molecule has 4 rings (SSSR count). The first-order valence-corrected chi connectivity index (χ1v) is 10.1. The van der Waals surface area contributed by atoms with Crippen molar-refractivity contribution in [3.8, 4) is 11.3 Å². The van der Waals surface area contributed by atoms with Crippen molar-refractivity contribution in [1.82, 2.24) is 18.9 Å². The number of nitrogens with zero attached hydrogens (tertiary/aromatic N) is 4. The van der Waals surface area contributed by atoms with Gasteiger partial charge in [0.25, 0.3) is 11.5 Å². The van der Waals surface area contributed by atoms with Crippen LogP contribution in [0.3, 0.4) is 0 Å². The lowest BCUT2D eigenvalue weighted by Gasteiger charge is -2.30. The number of likely N-dealkylation sites (tertiary alicyclic amines) is 1. The van der Waals surface area contributed by atoms with Gasteiger partial charge in [-0.05, 0) is 24.8 Å². The maximum Gasteiger partial charge on any atom is 0.295 e. The minimum absolute atomic E-state index is 0.130. The third-order valence-electron chi connectivity index (χ3n) is 5.35. The molecule has 2 aromatic heterocycles. The second kappa shape index (κ2) is 7.87. The quantitative estimate of drug-likeness (QED) is 0.613. The molecule has 0 spiro atoms. The predicted molar refractivity (Wildman–Crippen MR) is 114 cm³/mol. The Labute approximate surface area is 174 Å². The largest absolute Gasteiger partial charge is 0.337 e. The standard InChI is InChI=1S/C22H23ClN4O2/c1-3-10-27-19(16-8-4-5-9-17(16)23)14-26-13-18(24-20(26)22(27)29)21(28)25-11-6-7-15(2)12-25/h3-5,8-9,13-15H,1,6-7,10-12H2,2H3/t15-/m0/s1. The molecule has 1 aliphatic rings. The van der Waals surface area contributed by atoms with Crippen LogP contribution in [0, 0.1) is 5.92 Å². The van der Waals surface area contributed by atoms with Crippen molar-refractivity contribution in [2.45, 2.75) is 26.3 Å². The number of allylic oxidation sites excluding steroid dienone is 1. The highest BCUT2D eigenvalue weighted by Gasteiger charge is 2.25. The molecule has 0 bridgehead atoms. The first-order valence-electron chi connectivity index (χ1n) is 9.77. The molecule has 1 fully saturated rings. The number of halogens is 1. The Morgan fingerprint density at radius 1 is 1.34 bits per heavy atom. The molecule has 0 radical (unpaired) electrons. The first-order chi connectivity index (χ1) is 14.0. The Kier molecular flexibility index (Phi) is 5.28. The summed E-state index contributed by atoms with van der Waals surface area (Å²) < 4.78 is 3.20. The predicted octanol–water partition coefficient (Wildman–Crippen LogP) is 3.87. The fourth-order valence-corrected chi connectivity index (χ4v) is 4.15. The summed E-state index contributed by atoms with van der Waals surface area (Å²) in [5.74, 6) is 0.343. The van der Waals surface area contributed by atoms with Gasteiger partial charge in [0.1, 0.15) is 5.69 Å². The third-order valence-corrected chi connectivity index (χ3v) is 5.68. The molecule has 1 amide bonds. The zero-order valence-electron chi connectivity index (χ0n) is 16.3. The third kappa shape index (κ3) is 3.60. The van der Waals surface area contributed by atoms with Gasteiger partial charge in [0.2, 0.25) is 5.65 Å². The number of carbonyl (C=O) groups excluding carboxylic acids is 1. The van der Waals surface area contributed by atoms with E-state index in [2.05, 4.69) is 18.5 Å². The van der Waals surface area contributed by atoms with Gasteiger partial charge in [-0.25, -0.2) is 4.98 Å². The Bertz CT molecular complexity index is 1150. The van der Waals surface area contributed by atoms with E-state index in [9.17, 15) is 9.59 Å². The van der Waals surface area contributed by atoms with Crippen molar-refractivity contribution in [2.75, 3.05) is 13.1 Å². The molecule has 150 valence electrons. The van der Waals surface area contributed by atoms with Gasteiger partial charge in [-0.1, -0.05) is 42.8 Å². The fraction of sp³-hybridized carbons (Fsp3) is 0.318. The van der Waals surface area contributed by atoms with Crippen LogP contribution in [0.4, 0.5) is 0 Å². The van der Waals surface area contributed by atoms with Gasteiger partial charge in [-0.3, -0.25) is 18.6 Å². The van der Waals surface area contributed by atoms with E-state index in [1.54, 1.807) is 33.5 Å². The molecule has 0 saturated carbocycles. The van der Waals surface area contributed by atoms with E-state index in [1.165, 1.54) is 0 Å². The van der Waals surface area contributed by atoms with Crippen LogP contribution in [0.5, 0.6) is 0 Å². The molecule has 1 saturated heterocycles. The molecule has 6 nitrogen and oxygen atoms in total. The topological polar surface area (TPSA) is 59.6 Å². The second-order valence-corrected chi connectivity index (χ2v) is 7.96. The number of benzene rings is 1. The minimum atomic E-state index is -0.284. The smallest absolute Gasteiger partial charge is 0.295 e. The highest BCUT2D eigenvalue weighted by molar-refractivity contribution is 6.33. The normalized spacial score (nSPS) is 16.9. The zero-order valence-corrected chi connectivity index (χ0v) is 17.1. The second-order valence-electron chi connectivity index (χ2n) is 7.55. The van der Waals surface area contributed by atoms with E-state index in [0.29, 0.717) is 23.2 Å². The van der Waals surface area contributed by atoms with Crippen molar-refractivity contribution < 1.29 is 4.79 Å². The van der Waals surface area contributed by atoms with Gasteiger partial charge >= 0.3 is 0 Å². The van der Waals surface area contributed by atoms with Crippen molar-refractivity contribution >= 4 is 23.2 Å². The summed E-state index contributed by atoms with van der Waals surface area (Å²) in [6.07, 6.45) is 7.20. The molecular weight excluding hydrogens is 388 g/mol. The summed E-state index contributed by atoms with van der Waals surface area (Å²) in [4.78, 5) is 32.3. The lowest BCUT2D eigenvalue weighted by Crippen LogP contribution is -2.39. The van der Waals surface area contributed by atoms with Crippen LogP contribution in [-0.2, 0) is 6.54 Å². The molecule has 0 aliphatic carbocycles. The molecule has 1 aliphatic heterocycles. The maximum atomic E-state index is 13.2. The zero-order chi connectivity index (χ0) is 20.5. The van der Waals surface area contributed by atoms with Crippen molar-refractivity contribution in [1.29, 1.82) is 0 Å². The van der Waals surface area contributed by atoms with E-state index in [1.807, 2.05) is 23.1 Å². The maximum absolute atomic E-state index is 13.2. The molecule has 7 heteroatoms. The highest BCUT2D eigenvalue weighted by atomic mass is 35.5. The number of piperidine rings is 1. The highest BCUT2D eigenvalue weighted by Crippen LogP contribution is 2.27. The molecule has 0 N–H and O–H groups in total. The minimum Gasteiger partial charge on any atom is -0.337 e. The number of amides is 1. The Balaban J connectivity index is 1.84. The molecule has 1 atom stereocenters. The summed E-state index contributed by atoms with van der Waals surface area (Å²) in [5.41, 5.74) is 1.61. The van der Waals surface area contributed by atoms with E-state index in [-0.39, 0.29) is 22.8 Å². The van der Waals surface area contributed by atoms with Gasteiger partial charge in [0.15, 0.2) is 0 Å². The summed E-state index contributed by atoms with van der Waals surface area (Å²) in [6, 6.07) is 7.35. The number of rotatable bonds is 4. The number of imidazole rings is 1. The number of fused-ring (bicyclic) bond motifs is 1. The van der Waals surface area contributed by atoms with Gasteiger partial charge in [0.05, 0.1) is 5.69 Å². The summed E-state index contributed by atoms with van der Waals surface area (Å²) in [6.45, 7) is 7.66. The fourth-order valence-electron chi connectivity index (χ4n) is 3.91. The van der Waals surface area contributed by atoms with E-state index < -0.39 is 0 Å². The Hall–Kier alpha value is -2.86. The van der Waals surface area contributed by atoms with E-state index >= 15 is 0 Å². The number of carbonyl (C=O) groups is 1. The van der Waals surface area contributed by atoms with Crippen molar-refractivity contribution in [3.05, 3.63) is 70.4 Å². The molecule has 29 heavy (non-hydrogen) atoms. The average molecular weight is 411 g/mol. The molecule has 3 aromatic rings. The van der Waals surface area contributed by atoms with Crippen LogP contribution < -0.4 is 5.56 Å². The Morgan fingerprint density at radius 3 is 2.86 bits per heavy atom. The lowest BCUT2D eigenvalue weighted by atomic mass is 10.0. The van der Waals surface area contributed by atoms with Crippen LogP contribution in [0.2, 0.25) is 5.02 Å². The molecule has 1 aromatic carbocycles. The van der Waals surface area contributed by atoms with Crippen LogP contribution in [0.25, 0.3) is 16.9 Å². The van der Waals surface area contributed by atoms with Crippen molar-refractivity contribution in [3.63, 3.8) is 0 Å². The molecular formula is C22H23ClN4O2. The molecule has 0 unspecified atom stereocenters. The van der Waals surface area contributed by atoms with Crippen LogP contribution >= 0.6 is 11.6 Å². The van der Waals surface area contributed by atoms with E-state index in [0.717, 1.165) is 31.5 Å². The Morgan fingerprint density at radius 2 is 2.14 bits per heavy atom. The monoisotopic (exact) mass is 410 g/mol. The average Bonchev–Trinajstić information content (AvgIpc) is 3.14. The lowest BCUT2D eigenvalue weighted by molar-refractivity contribution is 0.0678. The summed E-state index contributed by atoms with van der Waals surface area (Å²) in [7, 11) is 0. The van der Waals surface area contributed by atoms with Gasteiger partial charge in [-0.2, -0.15) is 0 Å². The van der Waals surface area contributed by atoms with Gasteiger partial charge in [-0.15, -0.1) is 6.58 Å².